The number of aromatic nitrogens is 1. The minimum atomic E-state index is -0.227. The van der Waals surface area contributed by atoms with E-state index in [1.165, 1.54) is 4.57 Å². The molecule has 0 aliphatic carbocycles. The number of pyridine rings is 1. The second-order valence-electron chi connectivity index (χ2n) is 4.18. The number of hydrogen-bond acceptors (Lipinski definition) is 2. The number of amides is 1. The summed E-state index contributed by atoms with van der Waals surface area (Å²) in [6.07, 6.45) is 1.61. The first-order valence-corrected chi connectivity index (χ1v) is 6.57. The number of carbonyl (C=O) groups is 1. The lowest BCUT2D eigenvalue weighted by Crippen LogP contribution is -2.28. The van der Waals surface area contributed by atoms with Crippen molar-refractivity contribution in [3.63, 3.8) is 0 Å². The van der Waals surface area contributed by atoms with Crippen LogP contribution in [-0.2, 0) is 11.3 Å². The smallest absolute Gasteiger partial charge is 0.253 e. The fraction of sp³-hybridized carbons (Fsp3) is 0.143. The molecule has 0 spiro atoms. The molecule has 0 saturated heterocycles. The highest BCUT2D eigenvalue weighted by Crippen LogP contribution is 2.13. The SMILES string of the molecule is Cc1cccn(CC(=O)Nc2ccc(Br)cc2)c1=O. The van der Waals surface area contributed by atoms with Crippen LogP contribution in [-0.4, -0.2) is 10.5 Å². The van der Waals surface area contributed by atoms with Crippen LogP contribution >= 0.6 is 15.9 Å². The second-order valence-corrected chi connectivity index (χ2v) is 5.09. The molecule has 0 saturated carbocycles. The molecule has 1 amide bonds. The minimum Gasteiger partial charge on any atom is -0.325 e. The molecule has 0 fully saturated rings. The summed E-state index contributed by atoms with van der Waals surface area (Å²) in [5.41, 5.74) is 1.18. The van der Waals surface area contributed by atoms with Gasteiger partial charge < -0.3 is 9.88 Å². The van der Waals surface area contributed by atoms with Gasteiger partial charge in [-0.25, -0.2) is 0 Å². The van der Waals surface area contributed by atoms with Crippen molar-refractivity contribution in [2.75, 3.05) is 5.32 Å². The highest BCUT2D eigenvalue weighted by atomic mass is 79.9. The molecule has 2 rings (SSSR count). The predicted octanol–water partition coefficient (Wildman–Crippen LogP) is 2.56. The van der Waals surface area contributed by atoms with Crippen LogP contribution < -0.4 is 10.9 Å². The largest absolute Gasteiger partial charge is 0.325 e. The Labute approximate surface area is 119 Å². The van der Waals surface area contributed by atoms with E-state index in [1.54, 1.807) is 37.4 Å². The lowest BCUT2D eigenvalue weighted by atomic mass is 10.3. The summed E-state index contributed by atoms with van der Waals surface area (Å²) in [7, 11) is 0. The molecule has 19 heavy (non-hydrogen) atoms. The molecule has 1 aromatic carbocycles. The van der Waals surface area contributed by atoms with Crippen LogP contribution in [0, 0.1) is 6.92 Å². The van der Waals surface area contributed by atoms with E-state index in [9.17, 15) is 9.59 Å². The molecule has 0 atom stereocenters. The topological polar surface area (TPSA) is 51.1 Å². The molecular weight excluding hydrogens is 308 g/mol. The summed E-state index contributed by atoms with van der Waals surface area (Å²) in [6.45, 7) is 1.74. The molecule has 0 radical (unpaired) electrons. The normalized spacial score (nSPS) is 10.2. The minimum absolute atomic E-state index is 0.0105. The van der Waals surface area contributed by atoms with Gasteiger partial charge in [0.2, 0.25) is 5.91 Å². The molecule has 98 valence electrons. The first kappa shape index (κ1) is 13.5. The Balaban J connectivity index is 2.07. The summed E-state index contributed by atoms with van der Waals surface area (Å²) >= 11 is 3.32. The number of hydrogen-bond donors (Lipinski definition) is 1. The zero-order valence-electron chi connectivity index (χ0n) is 10.4. The van der Waals surface area contributed by atoms with Gasteiger partial charge >= 0.3 is 0 Å². The van der Waals surface area contributed by atoms with Crippen molar-refractivity contribution in [1.29, 1.82) is 0 Å². The van der Waals surface area contributed by atoms with Crippen molar-refractivity contribution in [2.24, 2.45) is 0 Å². The third kappa shape index (κ3) is 3.54. The van der Waals surface area contributed by atoms with E-state index in [0.29, 0.717) is 11.3 Å². The van der Waals surface area contributed by atoms with Crippen LogP contribution in [0.4, 0.5) is 5.69 Å². The van der Waals surface area contributed by atoms with Gasteiger partial charge in [0.15, 0.2) is 0 Å². The first-order valence-electron chi connectivity index (χ1n) is 5.78. The van der Waals surface area contributed by atoms with E-state index in [0.717, 1.165) is 4.47 Å². The molecule has 1 aromatic heterocycles. The predicted molar refractivity (Wildman–Crippen MR) is 78.2 cm³/mol. The van der Waals surface area contributed by atoms with Gasteiger partial charge in [-0.05, 0) is 37.3 Å². The third-order valence-corrected chi connectivity index (χ3v) is 3.18. The van der Waals surface area contributed by atoms with Gasteiger partial charge in [-0.2, -0.15) is 0 Å². The van der Waals surface area contributed by atoms with Gasteiger partial charge in [0, 0.05) is 21.9 Å². The van der Waals surface area contributed by atoms with E-state index in [-0.39, 0.29) is 18.0 Å². The van der Waals surface area contributed by atoms with Crippen molar-refractivity contribution in [2.45, 2.75) is 13.5 Å². The molecule has 5 heteroatoms. The lowest BCUT2D eigenvalue weighted by Gasteiger charge is -2.08. The van der Waals surface area contributed by atoms with Gasteiger partial charge in [-0.1, -0.05) is 22.0 Å². The average Bonchev–Trinajstić information content (AvgIpc) is 2.38. The maximum absolute atomic E-state index is 11.8. The van der Waals surface area contributed by atoms with Crippen molar-refractivity contribution >= 4 is 27.5 Å². The van der Waals surface area contributed by atoms with E-state index >= 15 is 0 Å². The van der Waals surface area contributed by atoms with E-state index < -0.39 is 0 Å². The molecule has 0 aliphatic heterocycles. The first-order chi connectivity index (χ1) is 9.06. The Morgan fingerprint density at radius 3 is 2.63 bits per heavy atom. The zero-order chi connectivity index (χ0) is 13.8. The van der Waals surface area contributed by atoms with E-state index in [1.807, 2.05) is 12.1 Å². The van der Waals surface area contributed by atoms with Crippen molar-refractivity contribution < 1.29 is 4.79 Å². The Morgan fingerprint density at radius 1 is 1.26 bits per heavy atom. The molecule has 2 aromatic rings. The highest BCUT2D eigenvalue weighted by molar-refractivity contribution is 9.10. The quantitative estimate of drug-likeness (QED) is 0.944. The van der Waals surface area contributed by atoms with Crippen LogP contribution in [0.15, 0.2) is 51.9 Å². The number of benzene rings is 1. The fourth-order valence-corrected chi connectivity index (χ4v) is 1.93. The van der Waals surface area contributed by atoms with Gasteiger partial charge in [0.1, 0.15) is 6.54 Å². The van der Waals surface area contributed by atoms with Crippen LogP contribution in [0.5, 0.6) is 0 Å². The van der Waals surface area contributed by atoms with Crippen LogP contribution in [0.2, 0.25) is 0 Å². The Kier molecular flexibility index (Phi) is 4.16. The molecular formula is C14H13BrN2O2. The van der Waals surface area contributed by atoms with Crippen LogP contribution in [0.25, 0.3) is 0 Å². The van der Waals surface area contributed by atoms with Gasteiger partial charge in [0.25, 0.3) is 5.56 Å². The van der Waals surface area contributed by atoms with Gasteiger partial charge in [0.05, 0.1) is 0 Å². The third-order valence-electron chi connectivity index (χ3n) is 2.65. The summed E-state index contributed by atoms with van der Waals surface area (Å²) in [5, 5.41) is 2.74. The highest BCUT2D eigenvalue weighted by Gasteiger charge is 2.05. The summed E-state index contributed by atoms with van der Waals surface area (Å²) in [4.78, 5) is 23.6. The summed E-state index contributed by atoms with van der Waals surface area (Å²) < 4.78 is 2.34. The van der Waals surface area contributed by atoms with Gasteiger partial charge in [-0.3, -0.25) is 9.59 Å². The Morgan fingerprint density at radius 2 is 1.95 bits per heavy atom. The second kappa shape index (κ2) is 5.84. The van der Waals surface area contributed by atoms with Crippen LogP contribution in [0.3, 0.4) is 0 Å². The Hall–Kier alpha value is -1.88. The Bertz CT molecular complexity index is 647. The molecule has 1 N–H and O–H groups in total. The molecule has 0 aliphatic rings. The van der Waals surface area contributed by atoms with E-state index in [4.69, 9.17) is 0 Å². The lowest BCUT2D eigenvalue weighted by molar-refractivity contribution is -0.116. The fourth-order valence-electron chi connectivity index (χ4n) is 1.67. The number of rotatable bonds is 3. The molecule has 4 nitrogen and oxygen atoms in total. The number of aryl methyl sites for hydroxylation is 1. The molecule has 1 heterocycles. The van der Waals surface area contributed by atoms with Crippen molar-refractivity contribution in [3.05, 3.63) is 63.0 Å². The summed E-state index contributed by atoms with van der Waals surface area (Å²) in [5.74, 6) is -0.227. The van der Waals surface area contributed by atoms with Gasteiger partial charge in [-0.15, -0.1) is 0 Å². The maximum atomic E-state index is 11.8. The summed E-state index contributed by atoms with van der Waals surface area (Å²) in [6, 6.07) is 10.8. The van der Waals surface area contributed by atoms with Crippen molar-refractivity contribution in [3.8, 4) is 0 Å². The van der Waals surface area contributed by atoms with E-state index in [2.05, 4.69) is 21.2 Å². The van der Waals surface area contributed by atoms with Crippen molar-refractivity contribution in [1.82, 2.24) is 4.57 Å². The average molecular weight is 321 g/mol. The maximum Gasteiger partial charge on any atom is 0.253 e. The number of nitrogens with zero attached hydrogens (tertiary/aromatic N) is 1. The number of carbonyl (C=O) groups excluding carboxylic acids is 1. The number of halogens is 1. The number of nitrogens with one attached hydrogen (secondary N) is 1. The monoisotopic (exact) mass is 320 g/mol. The van der Waals surface area contributed by atoms with Crippen LogP contribution in [0.1, 0.15) is 5.56 Å². The molecule has 0 unspecified atom stereocenters. The number of anilines is 1. The standard InChI is InChI=1S/C14H13BrN2O2/c1-10-3-2-8-17(14(10)19)9-13(18)16-12-6-4-11(15)5-7-12/h2-8H,9H2,1H3,(H,16,18). The zero-order valence-corrected chi connectivity index (χ0v) is 12.0. The molecule has 0 bridgehead atoms.